The Morgan fingerprint density at radius 3 is 2.75 bits per heavy atom. The van der Waals surface area contributed by atoms with Gasteiger partial charge in [0.25, 0.3) is 0 Å². The normalized spacial score (nSPS) is 18.7. The molecule has 0 radical (unpaired) electrons. The van der Waals surface area contributed by atoms with Crippen LogP contribution >= 0.6 is 12.4 Å². The third kappa shape index (κ3) is 5.78. The first-order valence-corrected chi connectivity index (χ1v) is 8.04. The molecule has 134 valence electrons. The van der Waals surface area contributed by atoms with Gasteiger partial charge in [0.2, 0.25) is 11.8 Å². The van der Waals surface area contributed by atoms with Crippen molar-refractivity contribution >= 4 is 24.2 Å². The lowest BCUT2D eigenvalue weighted by molar-refractivity contribution is -0.155. The molecule has 0 unspecified atom stereocenters. The van der Waals surface area contributed by atoms with E-state index < -0.39 is 6.04 Å². The van der Waals surface area contributed by atoms with Crippen molar-refractivity contribution in [1.82, 2.24) is 15.5 Å². The van der Waals surface area contributed by atoms with E-state index in [2.05, 4.69) is 10.6 Å². The summed E-state index contributed by atoms with van der Waals surface area (Å²) in [6.45, 7) is 6.09. The van der Waals surface area contributed by atoms with Crippen molar-refractivity contribution in [2.24, 2.45) is 0 Å². The summed E-state index contributed by atoms with van der Waals surface area (Å²) in [5, 5.41) is 6.14. The third-order valence-electron chi connectivity index (χ3n) is 3.83. The number of morpholine rings is 1. The number of rotatable bonds is 7. The van der Waals surface area contributed by atoms with Crippen LogP contribution < -0.4 is 10.6 Å². The molecule has 0 bridgehead atoms. The Hall–Kier alpha value is -1.63. The fraction of sp³-hybridized carbons (Fsp3) is 0.529. The van der Waals surface area contributed by atoms with E-state index >= 15 is 0 Å². The largest absolute Gasteiger partial charge is 0.369 e. The molecule has 1 aliphatic rings. The number of ether oxygens (including phenoxy) is 1. The molecule has 1 aromatic carbocycles. The van der Waals surface area contributed by atoms with Gasteiger partial charge in [-0.05, 0) is 19.0 Å². The van der Waals surface area contributed by atoms with E-state index in [0.717, 1.165) is 12.1 Å². The number of benzene rings is 1. The van der Waals surface area contributed by atoms with Crippen LogP contribution in [-0.2, 0) is 20.9 Å². The molecule has 0 spiro atoms. The highest BCUT2D eigenvalue weighted by Gasteiger charge is 2.33. The third-order valence-corrected chi connectivity index (χ3v) is 3.83. The number of halogens is 1. The summed E-state index contributed by atoms with van der Waals surface area (Å²) in [6, 6.07) is 9.28. The maximum atomic E-state index is 12.4. The monoisotopic (exact) mass is 355 g/mol. The smallest absolute Gasteiger partial charge is 0.249 e. The van der Waals surface area contributed by atoms with Gasteiger partial charge < -0.3 is 20.3 Å². The fourth-order valence-electron chi connectivity index (χ4n) is 2.59. The first-order valence-electron chi connectivity index (χ1n) is 8.04. The number of hydrogen-bond acceptors (Lipinski definition) is 4. The fourth-order valence-corrected chi connectivity index (χ4v) is 2.59. The van der Waals surface area contributed by atoms with E-state index in [0.29, 0.717) is 13.1 Å². The van der Waals surface area contributed by atoms with Crippen molar-refractivity contribution in [2.45, 2.75) is 32.5 Å². The Kier molecular flexibility index (Phi) is 8.74. The molecule has 0 saturated carbocycles. The van der Waals surface area contributed by atoms with Crippen molar-refractivity contribution < 1.29 is 14.3 Å². The second-order valence-electron chi connectivity index (χ2n) is 5.74. The highest BCUT2D eigenvalue weighted by Crippen LogP contribution is 2.13. The molecule has 1 aliphatic heterocycles. The van der Waals surface area contributed by atoms with Crippen LogP contribution in [0.2, 0.25) is 0 Å². The Morgan fingerprint density at radius 2 is 2.08 bits per heavy atom. The Balaban J connectivity index is 0.00000288. The molecule has 1 fully saturated rings. The topological polar surface area (TPSA) is 70.7 Å². The van der Waals surface area contributed by atoms with Gasteiger partial charge in [0.05, 0.1) is 6.61 Å². The predicted molar refractivity (Wildman–Crippen MR) is 95.0 cm³/mol. The second kappa shape index (κ2) is 10.3. The van der Waals surface area contributed by atoms with E-state index in [1.165, 1.54) is 0 Å². The van der Waals surface area contributed by atoms with Gasteiger partial charge in [-0.3, -0.25) is 9.59 Å². The molecule has 1 saturated heterocycles. The van der Waals surface area contributed by atoms with Gasteiger partial charge in [-0.1, -0.05) is 37.3 Å². The summed E-state index contributed by atoms with van der Waals surface area (Å²) in [7, 11) is 0. The lowest BCUT2D eigenvalue weighted by atomic mass is 10.1. The summed E-state index contributed by atoms with van der Waals surface area (Å²) in [5.74, 6) is -0.321. The average Bonchev–Trinajstić information content (AvgIpc) is 2.56. The molecule has 2 amide bonds. The van der Waals surface area contributed by atoms with Crippen LogP contribution in [0.3, 0.4) is 0 Å². The Morgan fingerprint density at radius 1 is 1.38 bits per heavy atom. The molecule has 0 aliphatic carbocycles. The Labute approximate surface area is 149 Å². The zero-order chi connectivity index (χ0) is 16.7. The van der Waals surface area contributed by atoms with Crippen LogP contribution in [0.4, 0.5) is 0 Å². The lowest BCUT2D eigenvalue weighted by Crippen LogP contribution is -2.56. The summed E-state index contributed by atoms with van der Waals surface area (Å²) in [5.41, 5.74) is 1.00. The van der Waals surface area contributed by atoms with Gasteiger partial charge in [0, 0.05) is 19.1 Å². The number of nitrogens with zero attached hydrogens (tertiary/aromatic N) is 1. The van der Waals surface area contributed by atoms with Gasteiger partial charge in [-0.15, -0.1) is 12.4 Å². The maximum Gasteiger partial charge on any atom is 0.249 e. The molecular weight excluding hydrogens is 330 g/mol. The van der Waals surface area contributed by atoms with E-state index in [1.807, 2.05) is 44.2 Å². The SMILES string of the molecule is CCN[C@H](C)CNC(=O)[C@H]1COCC(=O)N1Cc1ccccc1.Cl. The van der Waals surface area contributed by atoms with Gasteiger partial charge in [0.1, 0.15) is 12.6 Å². The van der Waals surface area contributed by atoms with Crippen LogP contribution in [0.5, 0.6) is 0 Å². The van der Waals surface area contributed by atoms with Gasteiger partial charge in [-0.2, -0.15) is 0 Å². The molecule has 1 heterocycles. The maximum absolute atomic E-state index is 12.4. The van der Waals surface area contributed by atoms with Crippen LogP contribution in [0.25, 0.3) is 0 Å². The predicted octanol–water partition coefficient (Wildman–Crippen LogP) is 0.950. The highest BCUT2D eigenvalue weighted by molar-refractivity contribution is 5.89. The first-order chi connectivity index (χ1) is 11.1. The van der Waals surface area contributed by atoms with E-state index in [-0.39, 0.29) is 43.5 Å². The standard InChI is InChI=1S/C17H25N3O3.ClH/c1-3-18-13(2)9-19-17(22)15-11-23-12-16(21)20(15)10-14-7-5-4-6-8-14;/h4-8,13,15,18H,3,9-12H2,1-2H3,(H,19,22);1H/t13-,15-;/m1./s1. The molecule has 2 N–H and O–H groups in total. The first kappa shape index (κ1) is 20.4. The molecule has 0 aromatic heterocycles. The number of amides is 2. The summed E-state index contributed by atoms with van der Waals surface area (Å²) >= 11 is 0. The van der Waals surface area contributed by atoms with Crippen molar-refractivity contribution in [3.63, 3.8) is 0 Å². The van der Waals surface area contributed by atoms with Gasteiger partial charge in [-0.25, -0.2) is 0 Å². The quantitative estimate of drug-likeness (QED) is 0.764. The zero-order valence-electron chi connectivity index (χ0n) is 14.2. The minimum absolute atomic E-state index is 0. The van der Waals surface area contributed by atoms with E-state index in [4.69, 9.17) is 4.74 Å². The molecule has 2 atom stereocenters. The van der Waals surface area contributed by atoms with Crippen LogP contribution in [-0.4, -0.2) is 55.1 Å². The average molecular weight is 356 g/mol. The summed E-state index contributed by atoms with van der Waals surface area (Å²) in [6.07, 6.45) is 0. The highest BCUT2D eigenvalue weighted by atomic mass is 35.5. The van der Waals surface area contributed by atoms with Crippen LogP contribution in [0, 0.1) is 0 Å². The molecule has 2 rings (SSSR count). The van der Waals surface area contributed by atoms with Gasteiger partial charge >= 0.3 is 0 Å². The molecule has 6 nitrogen and oxygen atoms in total. The lowest BCUT2D eigenvalue weighted by Gasteiger charge is -2.34. The van der Waals surface area contributed by atoms with E-state index in [9.17, 15) is 9.59 Å². The summed E-state index contributed by atoms with van der Waals surface area (Å²) in [4.78, 5) is 26.2. The molecule has 7 heteroatoms. The zero-order valence-corrected chi connectivity index (χ0v) is 15.0. The minimum atomic E-state index is -0.578. The van der Waals surface area contributed by atoms with Crippen molar-refractivity contribution in [3.8, 4) is 0 Å². The number of carbonyl (C=O) groups is 2. The van der Waals surface area contributed by atoms with Crippen LogP contribution in [0.1, 0.15) is 19.4 Å². The minimum Gasteiger partial charge on any atom is -0.369 e. The number of nitrogens with one attached hydrogen (secondary N) is 2. The molecular formula is C17H26ClN3O3. The molecule has 24 heavy (non-hydrogen) atoms. The summed E-state index contributed by atoms with van der Waals surface area (Å²) < 4.78 is 5.27. The van der Waals surface area contributed by atoms with E-state index in [1.54, 1.807) is 4.90 Å². The van der Waals surface area contributed by atoms with Crippen molar-refractivity contribution in [2.75, 3.05) is 26.3 Å². The number of hydrogen-bond donors (Lipinski definition) is 2. The number of likely N-dealkylation sites (N-methyl/N-ethyl adjacent to an activating group) is 1. The van der Waals surface area contributed by atoms with Crippen molar-refractivity contribution in [3.05, 3.63) is 35.9 Å². The van der Waals surface area contributed by atoms with Gasteiger partial charge in [0.15, 0.2) is 0 Å². The second-order valence-corrected chi connectivity index (χ2v) is 5.74. The Bertz CT molecular complexity index is 527. The number of carbonyl (C=O) groups excluding carboxylic acids is 2. The molecule has 1 aromatic rings. The van der Waals surface area contributed by atoms with Crippen molar-refractivity contribution in [1.29, 1.82) is 0 Å². The van der Waals surface area contributed by atoms with Crippen LogP contribution in [0.15, 0.2) is 30.3 Å².